The molecule has 0 aromatic carbocycles. The van der Waals surface area contributed by atoms with E-state index in [1.807, 2.05) is 0 Å². The van der Waals surface area contributed by atoms with Crippen LogP contribution in [0, 0.1) is 5.92 Å². The molecule has 1 fully saturated rings. The molecule has 0 bridgehead atoms. The molecule has 0 amide bonds. The molecule has 1 atom stereocenters. The summed E-state index contributed by atoms with van der Waals surface area (Å²) in [6.45, 7) is 8.56. The van der Waals surface area contributed by atoms with Gasteiger partial charge in [-0.3, -0.25) is 0 Å². The monoisotopic (exact) mass is 212 g/mol. The van der Waals surface area contributed by atoms with Crippen LogP contribution in [0.3, 0.4) is 0 Å². The number of nitrogens with one attached hydrogen (secondary N) is 1. The fourth-order valence-corrected chi connectivity index (χ4v) is 2.50. The molecule has 0 spiro atoms. The topological polar surface area (TPSA) is 15.3 Å². The lowest BCUT2D eigenvalue weighted by molar-refractivity contribution is 0.163. The summed E-state index contributed by atoms with van der Waals surface area (Å²) in [5.41, 5.74) is 0. The third-order valence-corrected chi connectivity index (χ3v) is 3.87. The first-order valence-electron chi connectivity index (χ1n) is 6.67. The summed E-state index contributed by atoms with van der Waals surface area (Å²) in [4.78, 5) is 2.65. The SMILES string of the molecule is CCCCCN1CCC(C(C)NC)CC1. The van der Waals surface area contributed by atoms with Crippen LogP contribution >= 0.6 is 0 Å². The lowest BCUT2D eigenvalue weighted by Crippen LogP contribution is -2.41. The number of unbranched alkanes of at least 4 members (excludes halogenated alkanes) is 2. The van der Waals surface area contributed by atoms with Crippen LogP contribution in [0.4, 0.5) is 0 Å². The number of likely N-dealkylation sites (tertiary alicyclic amines) is 1. The van der Waals surface area contributed by atoms with Gasteiger partial charge in [0.15, 0.2) is 0 Å². The Morgan fingerprint density at radius 1 is 1.27 bits per heavy atom. The number of nitrogens with zero attached hydrogens (tertiary/aromatic N) is 1. The maximum absolute atomic E-state index is 3.38. The van der Waals surface area contributed by atoms with Crippen molar-refractivity contribution in [1.82, 2.24) is 10.2 Å². The van der Waals surface area contributed by atoms with Crippen molar-refractivity contribution in [2.75, 3.05) is 26.7 Å². The summed E-state index contributed by atoms with van der Waals surface area (Å²) in [5, 5.41) is 3.38. The van der Waals surface area contributed by atoms with E-state index in [1.54, 1.807) is 0 Å². The Balaban J connectivity index is 2.12. The van der Waals surface area contributed by atoms with Gasteiger partial charge < -0.3 is 10.2 Å². The normalized spacial score (nSPS) is 21.8. The Bertz CT molecular complexity index is 151. The van der Waals surface area contributed by atoms with Crippen LogP contribution in [0.1, 0.15) is 46.0 Å². The largest absolute Gasteiger partial charge is 0.317 e. The minimum atomic E-state index is 0.697. The molecule has 1 rings (SSSR count). The smallest absolute Gasteiger partial charge is 0.00649 e. The molecular formula is C13H28N2. The van der Waals surface area contributed by atoms with E-state index >= 15 is 0 Å². The van der Waals surface area contributed by atoms with Gasteiger partial charge in [0.05, 0.1) is 0 Å². The van der Waals surface area contributed by atoms with E-state index in [0.717, 1.165) is 5.92 Å². The molecule has 2 nitrogen and oxygen atoms in total. The number of hydrogen-bond acceptors (Lipinski definition) is 2. The second-order valence-corrected chi connectivity index (χ2v) is 4.96. The third kappa shape index (κ3) is 4.52. The standard InChI is InChI=1S/C13H28N2/c1-4-5-6-9-15-10-7-13(8-11-15)12(2)14-3/h12-14H,4-11H2,1-3H3. The number of rotatable bonds is 6. The first-order chi connectivity index (χ1) is 7.27. The van der Waals surface area contributed by atoms with E-state index in [4.69, 9.17) is 0 Å². The van der Waals surface area contributed by atoms with Gasteiger partial charge in [-0.25, -0.2) is 0 Å². The highest BCUT2D eigenvalue weighted by Crippen LogP contribution is 2.20. The Kier molecular flexibility index (Phi) is 6.26. The predicted molar refractivity (Wildman–Crippen MR) is 67.2 cm³/mol. The highest BCUT2D eigenvalue weighted by molar-refractivity contribution is 4.78. The van der Waals surface area contributed by atoms with Gasteiger partial charge in [0.2, 0.25) is 0 Å². The molecular weight excluding hydrogens is 184 g/mol. The van der Waals surface area contributed by atoms with E-state index in [2.05, 4.69) is 31.1 Å². The highest BCUT2D eigenvalue weighted by Gasteiger charge is 2.22. The Morgan fingerprint density at radius 3 is 2.47 bits per heavy atom. The van der Waals surface area contributed by atoms with Crippen LogP contribution in [0.15, 0.2) is 0 Å². The van der Waals surface area contributed by atoms with Crippen LogP contribution in [-0.4, -0.2) is 37.6 Å². The second kappa shape index (κ2) is 7.24. The molecule has 15 heavy (non-hydrogen) atoms. The van der Waals surface area contributed by atoms with Gasteiger partial charge in [0.25, 0.3) is 0 Å². The van der Waals surface area contributed by atoms with Crippen molar-refractivity contribution in [2.45, 2.75) is 52.0 Å². The Labute approximate surface area is 95.4 Å². The van der Waals surface area contributed by atoms with Crippen LogP contribution in [0.5, 0.6) is 0 Å². The van der Waals surface area contributed by atoms with E-state index in [0.29, 0.717) is 6.04 Å². The number of hydrogen-bond donors (Lipinski definition) is 1. The zero-order chi connectivity index (χ0) is 11.1. The molecule has 0 radical (unpaired) electrons. The predicted octanol–water partition coefficient (Wildman–Crippen LogP) is 2.50. The summed E-state index contributed by atoms with van der Waals surface area (Å²) < 4.78 is 0. The van der Waals surface area contributed by atoms with Gasteiger partial charge >= 0.3 is 0 Å². The maximum atomic E-state index is 3.38. The lowest BCUT2D eigenvalue weighted by Gasteiger charge is -2.34. The van der Waals surface area contributed by atoms with Crippen molar-refractivity contribution >= 4 is 0 Å². The van der Waals surface area contributed by atoms with Crippen molar-refractivity contribution in [2.24, 2.45) is 5.92 Å². The minimum absolute atomic E-state index is 0.697. The zero-order valence-electron chi connectivity index (χ0n) is 10.8. The molecule has 0 aliphatic carbocycles. The minimum Gasteiger partial charge on any atom is -0.317 e. The van der Waals surface area contributed by atoms with Gasteiger partial charge in [-0.1, -0.05) is 19.8 Å². The van der Waals surface area contributed by atoms with Crippen molar-refractivity contribution in [1.29, 1.82) is 0 Å². The Hall–Kier alpha value is -0.0800. The molecule has 1 N–H and O–H groups in total. The van der Waals surface area contributed by atoms with Gasteiger partial charge in [0, 0.05) is 6.04 Å². The molecule has 1 aliphatic rings. The van der Waals surface area contributed by atoms with Gasteiger partial charge in [0.1, 0.15) is 0 Å². The van der Waals surface area contributed by atoms with Crippen molar-refractivity contribution in [3.63, 3.8) is 0 Å². The van der Waals surface area contributed by atoms with Gasteiger partial charge in [-0.2, -0.15) is 0 Å². The molecule has 1 aliphatic heterocycles. The molecule has 1 heterocycles. The van der Waals surface area contributed by atoms with Crippen LogP contribution < -0.4 is 5.32 Å². The van der Waals surface area contributed by atoms with Crippen LogP contribution in [0.25, 0.3) is 0 Å². The van der Waals surface area contributed by atoms with Gasteiger partial charge in [-0.05, 0) is 58.8 Å². The summed E-state index contributed by atoms with van der Waals surface area (Å²) >= 11 is 0. The first-order valence-corrected chi connectivity index (χ1v) is 6.67. The zero-order valence-corrected chi connectivity index (χ0v) is 10.8. The van der Waals surface area contributed by atoms with Crippen molar-refractivity contribution in [3.8, 4) is 0 Å². The summed E-state index contributed by atoms with van der Waals surface area (Å²) in [7, 11) is 2.08. The van der Waals surface area contributed by atoms with E-state index in [9.17, 15) is 0 Å². The van der Waals surface area contributed by atoms with Crippen LogP contribution in [0.2, 0.25) is 0 Å². The van der Waals surface area contributed by atoms with Crippen molar-refractivity contribution < 1.29 is 0 Å². The molecule has 1 saturated heterocycles. The third-order valence-electron chi connectivity index (χ3n) is 3.87. The average molecular weight is 212 g/mol. The summed E-state index contributed by atoms with van der Waals surface area (Å²) in [6.07, 6.45) is 6.89. The van der Waals surface area contributed by atoms with E-state index in [-0.39, 0.29) is 0 Å². The Morgan fingerprint density at radius 2 is 1.93 bits per heavy atom. The maximum Gasteiger partial charge on any atom is 0.00649 e. The molecule has 90 valence electrons. The first kappa shape index (κ1) is 13.0. The lowest BCUT2D eigenvalue weighted by atomic mass is 9.90. The average Bonchev–Trinajstić information content (AvgIpc) is 2.29. The van der Waals surface area contributed by atoms with Crippen LogP contribution in [-0.2, 0) is 0 Å². The summed E-state index contributed by atoms with van der Waals surface area (Å²) in [5.74, 6) is 0.900. The van der Waals surface area contributed by atoms with Gasteiger partial charge in [-0.15, -0.1) is 0 Å². The van der Waals surface area contributed by atoms with Crippen molar-refractivity contribution in [3.05, 3.63) is 0 Å². The molecule has 0 aromatic rings. The highest BCUT2D eigenvalue weighted by atomic mass is 15.1. The second-order valence-electron chi connectivity index (χ2n) is 4.96. The quantitative estimate of drug-likeness (QED) is 0.681. The molecule has 2 heteroatoms. The molecule has 1 unspecified atom stereocenters. The summed E-state index contributed by atoms with van der Waals surface area (Å²) in [6, 6.07) is 0.697. The fraction of sp³-hybridized carbons (Fsp3) is 1.00. The van der Waals surface area contributed by atoms with E-state index in [1.165, 1.54) is 51.7 Å². The van der Waals surface area contributed by atoms with E-state index < -0.39 is 0 Å². The molecule has 0 saturated carbocycles. The number of piperidine rings is 1. The fourth-order valence-electron chi connectivity index (χ4n) is 2.50. The molecule has 0 aromatic heterocycles.